The summed E-state index contributed by atoms with van der Waals surface area (Å²) in [7, 11) is -3.57. The van der Waals surface area contributed by atoms with E-state index in [1.54, 1.807) is 45.7 Å². The first-order valence-corrected chi connectivity index (χ1v) is 11.1. The van der Waals surface area contributed by atoms with Crippen LogP contribution in [-0.4, -0.2) is 31.2 Å². The molecule has 2 aliphatic rings. The summed E-state index contributed by atoms with van der Waals surface area (Å²) in [5, 5.41) is 2.03. The maximum absolute atomic E-state index is 13.3. The molecule has 0 bridgehead atoms. The van der Waals surface area contributed by atoms with Crippen molar-refractivity contribution in [3.8, 4) is 0 Å². The smallest absolute Gasteiger partial charge is 0.243 e. The molecule has 1 amide bonds. The lowest BCUT2D eigenvalue weighted by Crippen LogP contribution is -2.38. The Bertz CT molecular complexity index is 980. The van der Waals surface area contributed by atoms with Gasteiger partial charge in [0.15, 0.2) is 0 Å². The van der Waals surface area contributed by atoms with E-state index in [-0.39, 0.29) is 18.0 Å². The second-order valence-corrected chi connectivity index (χ2v) is 9.96. The first-order chi connectivity index (χ1) is 12.3. The highest BCUT2D eigenvalue weighted by Crippen LogP contribution is 2.38. The number of thiophene rings is 1. The fourth-order valence-electron chi connectivity index (χ4n) is 4.20. The number of amides is 1. The minimum Gasteiger partial charge on any atom is -0.309 e. The number of hydrogen-bond acceptors (Lipinski definition) is 4. The molecule has 4 rings (SSSR count). The van der Waals surface area contributed by atoms with Gasteiger partial charge >= 0.3 is 0 Å². The molecule has 7 heteroatoms. The molecule has 0 saturated heterocycles. The molecule has 0 N–H and O–H groups in total. The second-order valence-electron chi connectivity index (χ2n) is 7.07. The molecule has 1 aromatic heterocycles. The van der Waals surface area contributed by atoms with Gasteiger partial charge in [-0.1, -0.05) is 0 Å². The third-order valence-electron chi connectivity index (χ3n) is 5.43. The minimum atomic E-state index is -3.57. The highest BCUT2D eigenvalue weighted by molar-refractivity contribution is 7.89. The number of hydrogen-bond donors (Lipinski definition) is 0. The van der Waals surface area contributed by atoms with Crippen molar-refractivity contribution < 1.29 is 13.2 Å². The number of nitrogens with zero attached hydrogens (tertiary/aromatic N) is 2. The fraction of sp³-hybridized carbons (Fsp3) is 0.421. The monoisotopic (exact) mass is 390 g/mol. The molecule has 2 aliphatic heterocycles. The van der Waals surface area contributed by atoms with Gasteiger partial charge in [0.05, 0.1) is 4.90 Å². The van der Waals surface area contributed by atoms with Gasteiger partial charge in [-0.2, -0.15) is 4.31 Å². The molecular formula is C19H22N2O3S2. The molecule has 0 spiro atoms. The Hall–Kier alpha value is -1.70. The maximum atomic E-state index is 13.3. The van der Waals surface area contributed by atoms with Crippen LogP contribution >= 0.6 is 11.3 Å². The average molecular weight is 391 g/mol. The summed E-state index contributed by atoms with van der Waals surface area (Å²) in [6.07, 6.45) is 1.44. The van der Waals surface area contributed by atoms with Crippen LogP contribution in [-0.2, 0) is 27.7 Å². The molecule has 2 unspecified atom stereocenters. The fourth-order valence-corrected chi connectivity index (χ4v) is 6.82. The number of carbonyl (C=O) groups excluding carboxylic acids is 1. The van der Waals surface area contributed by atoms with Crippen molar-refractivity contribution in [2.45, 2.75) is 50.6 Å². The van der Waals surface area contributed by atoms with E-state index in [9.17, 15) is 13.2 Å². The van der Waals surface area contributed by atoms with Crippen molar-refractivity contribution >= 4 is 33.0 Å². The zero-order valence-corrected chi connectivity index (χ0v) is 16.7. The Balaban J connectivity index is 1.70. The quantitative estimate of drug-likeness (QED) is 0.790. The summed E-state index contributed by atoms with van der Waals surface area (Å²) in [6, 6.07) is 7.09. The number of sulfonamides is 1. The first kappa shape index (κ1) is 17.7. The SMILES string of the molecule is CC(=O)N1c2ccc(S(=O)(=O)N3CCc4sccc4C3C)cc2CC1C. The molecule has 0 fully saturated rings. The third-order valence-corrected chi connectivity index (χ3v) is 8.40. The van der Waals surface area contributed by atoms with E-state index in [1.165, 1.54) is 4.88 Å². The summed E-state index contributed by atoms with van der Waals surface area (Å²) in [4.78, 5) is 15.2. The first-order valence-electron chi connectivity index (χ1n) is 8.81. The second kappa shape index (κ2) is 6.18. The molecule has 3 heterocycles. The normalized spacial score (nSPS) is 23.0. The van der Waals surface area contributed by atoms with E-state index >= 15 is 0 Å². The van der Waals surface area contributed by atoms with Gasteiger partial charge in [-0.25, -0.2) is 8.42 Å². The number of carbonyl (C=O) groups is 1. The third kappa shape index (κ3) is 2.61. The highest BCUT2D eigenvalue weighted by Gasteiger charge is 2.36. The van der Waals surface area contributed by atoms with Crippen LogP contribution in [0, 0.1) is 0 Å². The van der Waals surface area contributed by atoms with Crippen LogP contribution in [0.5, 0.6) is 0 Å². The standard InChI is InChI=1S/C19H22N2O3S2/c1-12-10-15-11-16(4-5-18(15)21(12)14(3)22)26(23,24)20-8-6-19-17(13(20)2)7-9-25-19/h4-5,7,9,11-13H,6,8,10H2,1-3H3. The van der Waals surface area contributed by atoms with Crippen LogP contribution < -0.4 is 4.90 Å². The summed E-state index contributed by atoms with van der Waals surface area (Å²) in [5.74, 6) is -0.0125. The molecule has 0 aliphatic carbocycles. The number of anilines is 1. The van der Waals surface area contributed by atoms with Gasteiger partial charge < -0.3 is 4.90 Å². The summed E-state index contributed by atoms with van der Waals surface area (Å²) in [6.45, 7) is 5.99. The van der Waals surface area contributed by atoms with Crippen LogP contribution in [0.2, 0.25) is 0 Å². The van der Waals surface area contributed by atoms with Crippen molar-refractivity contribution in [1.29, 1.82) is 0 Å². The van der Waals surface area contributed by atoms with Crippen LogP contribution in [0.1, 0.15) is 42.8 Å². The largest absolute Gasteiger partial charge is 0.309 e. The van der Waals surface area contributed by atoms with Crippen LogP contribution in [0.25, 0.3) is 0 Å². The van der Waals surface area contributed by atoms with Gasteiger partial charge in [-0.15, -0.1) is 11.3 Å². The van der Waals surface area contributed by atoms with Crippen molar-refractivity contribution in [2.24, 2.45) is 0 Å². The van der Waals surface area contributed by atoms with Crippen molar-refractivity contribution in [3.05, 3.63) is 45.6 Å². The van der Waals surface area contributed by atoms with Gasteiger partial charge in [-0.3, -0.25) is 4.79 Å². The molecule has 5 nitrogen and oxygen atoms in total. The lowest BCUT2D eigenvalue weighted by atomic mass is 10.0. The molecule has 0 radical (unpaired) electrons. The lowest BCUT2D eigenvalue weighted by molar-refractivity contribution is -0.116. The molecule has 26 heavy (non-hydrogen) atoms. The number of benzene rings is 1. The number of rotatable bonds is 2. The molecule has 138 valence electrons. The van der Waals surface area contributed by atoms with Gasteiger partial charge in [0.25, 0.3) is 0 Å². The average Bonchev–Trinajstić information content (AvgIpc) is 3.17. The predicted octanol–water partition coefficient (Wildman–Crippen LogP) is 3.35. The molecular weight excluding hydrogens is 368 g/mol. The van der Waals surface area contributed by atoms with Crippen molar-refractivity contribution in [1.82, 2.24) is 4.31 Å². The van der Waals surface area contributed by atoms with Gasteiger partial charge in [0.1, 0.15) is 0 Å². The van der Waals surface area contributed by atoms with Gasteiger partial charge in [-0.05, 0) is 67.5 Å². The minimum absolute atomic E-state index is 0.0125. The molecule has 1 aromatic carbocycles. The van der Waals surface area contributed by atoms with E-state index in [0.717, 1.165) is 23.2 Å². The van der Waals surface area contributed by atoms with Crippen molar-refractivity contribution in [3.63, 3.8) is 0 Å². The highest BCUT2D eigenvalue weighted by atomic mass is 32.2. The summed E-state index contributed by atoms with van der Waals surface area (Å²) >= 11 is 1.70. The van der Waals surface area contributed by atoms with Gasteiger partial charge in [0, 0.05) is 36.1 Å². The van der Waals surface area contributed by atoms with Crippen molar-refractivity contribution in [2.75, 3.05) is 11.4 Å². The zero-order chi connectivity index (χ0) is 18.6. The molecule has 0 saturated carbocycles. The van der Waals surface area contributed by atoms with E-state index in [4.69, 9.17) is 0 Å². The Morgan fingerprint density at radius 2 is 2.00 bits per heavy atom. The van der Waals surface area contributed by atoms with Crippen LogP contribution in [0.4, 0.5) is 5.69 Å². The van der Waals surface area contributed by atoms with E-state index in [0.29, 0.717) is 17.9 Å². The summed E-state index contributed by atoms with van der Waals surface area (Å²) < 4.78 is 28.2. The van der Waals surface area contributed by atoms with Gasteiger partial charge in [0.2, 0.25) is 15.9 Å². The maximum Gasteiger partial charge on any atom is 0.243 e. The predicted molar refractivity (Wildman–Crippen MR) is 103 cm³/mol. The Labute approximate surface area is 158 Å². The topological polar surface area (TPSA) is 57.7 Å². The molecule has 2 aromatic rings. The van der Waals surface area contributed by atoms with E-state index in [2.05, 4.69) is 0 Å². The zero-order valence-electron chi connectivity index (χ0n) is 15.1. The van der Waals surface area contributed by atoms with Crippen LogP contribution in [0.3, 0.4) is 0 Å². The van der Waals surface area contributed by atoms with E-state index < -0.39 is 10.0 Å². The summed E-state index contributed by atoms with van der Waals surface area (Å²) in [5.41, 5.74) is 2.87. The molecule has 2 atom stereocenters. The van der Waals surface area contributed by atoms with Crippen LogP contribution in [0.15, 0.2) is 34.5 Å². The Morgan fingerprint density at radius 1 is 1.23 bits per heavy atom. The number of fused-ring (bicyclic) bond motifs is 2. The Morgan fingerprint density at radius 3 is 2.73 bits per heavy atom. The lowest BCUT2D eigenvalue weighted by Gasteiger charge is -2.32. The van der Waals surface area contributed by atoms with E-state index in [1.807, 2.05) is 25.3 Å². The Kier molecular flexibility index (Phi) is 4.21.